The number of nitrogens with zero attached hydrogens (tertiary/aromatic N) is 1. The molecule has 0 aromatic heterocycles. The fourth-order valence-corrected chi connectivity index (χ4v) is 3.06. The van der Waals surface area contributed by atoms with E-state index in [0.717, 1.165) is 5.56 Å². The van der Waals surface area contributed by atoms with E-state index in [0.29, 0.717) is 12.1 Å². The van der Waals surface area contributed by atoms with Crippen molar-refractivity contribution in [1.82, 2.24) is 10.2 Å². The molecule has 0 spiro atoms. The van der Waals surface area contributed by atoms with E-state index < -0.39 is 6.04 Å². The van der Waals surface area contributed by atoms with Crippen molar-refractivity contribution in [3.8, 4) is 0 Å². The number of hydrogen-bond donors (Lipinski definition) is 2. The Morgan fingerprint density at radius 1 is 1.08 bits per heavy atom. The van der Waals surface area contributed by atoms with Crippen LogP contribution < -0.4 is 5.32 Å². The minimum absolute atomic E-state index is 0.139. The summed E-state index contributed by atoms with van der Waals surface area (Å²) in [5, 5.41) is 12.3. The van der Waals surface area contributed by atoms with Gasteiger partial charge in [0, 0.05) is 18.5 Å². The summed E-state index contributed by atoms with van der Waals surface area (Å²) >= 11 is 0. The molecule has 0 bridgehead atoms. The highest BCUT2D eigenvalue weighted by Crippen LogP contribution is 2.21. The Morgan fingerprint density at radius 3 is 2.33 bits per heavy atom. The van der Waals surface area contributed by atoms with Gasteiger partial charge in [0.15, 0.2) is 0 Å². The largest absolute Gasteiger partial charge is 0.394 e. The molecule has 5 heteroatoms. The van der Waals surface area contributed by atoms with Gasteiger partial charge < -0.3 is 15.3 Å². The van der Waals surface area contributed by atoms with Crippen molar-refractivity contribution in [2.75, 3.05) is 6.61 Å². The van der Waals surface area contributed by atoms with Crippen LogP contribution in [0.2, 0.25) is 0 Å². The van der Waals surface area contributed by atoms with Crippen LogP contribution in [-0.4, -0.2) is 40.5 Å². The van der Waals surface area contributed by atoms with Crippen molar-refractivity contribution in [2.45, 2.75) is 25.0 Å². The molecule has 0 saturated carbocycles. The second-order valence-corrected chi connectivity index (χ2v) is 5.91. The fraction of sp³-hybridized carbons (Fsp3) is 0.263. The van der Waals surface area contributed by atoms with Crippen LogP contribution in [0.4, 0.5) is 0 Å². The number of nitrogens with one attached hydrogen (secondary N) is 1. The number of amides is 2. The first-order valence-electron chi connectivity index (χ1n) is 7.99. The second-order valence-electron chi connectivity index (χ2n) is 5.91. The van der Waals surface area contributed by atoms with E-state index in [4.69, 9.17) is 0 Å². The molecule has 5 nitrogen and oxygen atoms in total. The third-order valence-corrected chi connectivity index (χ3v) is 4.28. The van der Waals surface area contributed by atoms with E-state index in [1.54, 1.807) is 17.0 Å². The van der Waals surface area contributed by atoms with Gasteiger partial charge in [-0.1, -0.05) is 48.5 Å². The molecule has 0 aliphatic carbocycles. The van der Waals surface area contributed by atoms with Crippen molar-refractivity contribution in [3.05, 3.63) is 71.8 Å². The molecule has 3 rings (SSSR count). The molecule has 2 aromatic carbocycles. The maximum Gasteiger partial charge on any atom is 0.254 e. The molecule has 2 amide bonds. The molecule has 124 valence electrons. The average molecular weight is 324 g/mol. The standard InChI is InChI=1S/C19H20N2O3/c22-13-16-17(11-18(23)20-16)21(12-14-7-3-1-4-8-14)19(24)15-9-5-2-6-10-15/h1-10,16-17,22H,11-13H2,(H,20,23)/t16-,17+/m1/s1. The van der Waals surface area contributed by atoms with E-state index in [9.17, 15) is 14.7 Å². The van der Waals surface area contributed by atoms with Crippen molar-refractivity contribution in [1.29, 1.82) is 0 Å². The van der Waals surface area contributed by atoms with Gasteiger partial charge in [-0.15, -0.1) is 0 Å². The zero-order chi connectivity index (χ0) is 16.9. The van der Waals surface area contributed by atoms with Gasteiger partial charge in [0.05, 0.1) is 18.7 Å². The first kappa shape index (κ1) is 16.2. The number of rotatable bonds is 5. The average Bonchev–Trinajstić information content (AvgIpc) is 3.01. The molecule has 1 saturated heterocycles. The Morgan fingerprint density at radius 2 is 1.71 bits per heavy atom. The van der Waals surface area contributed by atoms with Crippen LogP contribution in [0.5, 0.6) is 0 Å². The lowest BCUT2D eigenvalue weighted by Crippen LogP contribution is -2.48. The summed E-state index contributed by atoms with van der Waals surface area (Å²) in [6, 6.07) is 17.9. The Hall–Kier alpha value is -2.66. The molecular weight excluding hydrogens is 304 g/mol. The maximum atomic E-state index is 13.0. The summed E-state index contributed by atoms with van der Waals surface area (Å²) in [6.07, 6.45) is 0.205. The zero-order valence-corrected chi connectivity index (χ0v) is 13.3. The summed E-state index contributed by atoms with van der Waals surface area (Å²) in [5.74, 6) is -0.280. The van der Waals surface area contributed by atoms with Crippen molar-refractivity contribution in [3.63, 3.8) is 0 Å². The van der Waals surface area contributed by atoms with Crippen LogP contribution in [0.25, 0.3) is 0 Å². The third-order valence-electron chi connectivity index (χ3n) is 4.28. The molecule has 1 heterocycles. The quantitative estimate of drug-likeness (QED) is 0.877. The van der Waals surface area contributed by atoms with Crippen LogP contribution in [-0.2, 0) is 11.3 Å². The highest BCUT2D eigenvalue weighted by atomic mass is 16.3. The summed E-state index contributed by atoms with van der Waals surface area (Å²) < 4.78 is 0. The zero-order valence-electron chi connectivity index (χ0n) is 13.3. The van der Waals surface area contributed by atoms with E-state index in [1.165, 1.54) is 0 Å². The molecule has 2 atom stereocenters. The molecular formula is C19H20N2O3. The minimum Gasteiger partial charge on any atom is -0.394 e. The van der Waals surface area contributed by atoms with Gasteiger partial charge in [0.1, 0.15) is 0 Å². The fourth-order valence-electron chi connectivity index (χ4n) is 3.06. The highest BCUT2D eigenvalue weighted by Gasteiger charge is 2.38. The third kappa shape index (κ3) is 3.46. The summed E-state index contributed by atoms with van der Waals surface area (Å²) in [7, 11) is 0. The summed E-state index contributed by atoms with van der Waals surface area (Å²) in [4.78, 5) is 26.5. The monoisotopic (exact) mass is 324 g/mol. The normalized spacial score (nSPS) is 19.8. The lowest BCUT2D eigenvalue weighted by molar-refractivity contribution is -0.119. The molecule has 1 aliphatic rings. The molecule has 24 heavy (non-hydrogen) atoms. The first-order valence-corrected chi connectivity index (χ1v) is 7.99. The van der Waals surface area contributed by atoms with Crippen LogP contribution in [0, 0.1) is 0 Å². The van der Waals surface area contributed by atoms with E-state index >= 15 is 0 Å². The van der Waals surface area contributed by atoms with Gasteiger partial charge in [-0.05, 0) is 17.7 Å². The molecule has 2 aromatic rings. The Labute approximate surface area is 140 Å². The molecule has 1 fully saturated rings. The Kier molecular flexibility index (Phi) is 4.91. The number of aliphatic hydroxyl groups is 1. The van der Waals surface area contributed by atoms with Gasteiger partial charge in [-0.25, -0.2) is 0 Å². The maximum absolute atomic E-state index is 13.0. The number of hydrogen-bond acceptors (Lipinski definition) is 3. The van der Waals surface area contributed by atoms with Gasteiger partial charge in [-0.3, -0.25) is 9.59 Å². The Balaban J connectivity index is 1.91. The van der Waals surface area contributed by atoms with E-state index in [-0.39, 0.29) is 30.9 Å². The summed E-state index contributed by atoms with van der Waals surface area (Å²) in [6.45, 7) is 0.203. The summed E-state index contributed by atoms with van der Waals surface area (Å²) in [5.41, 5.74) is 1.56. The molecule has 2 N–H and O–H groups in total. The minimum atomic E-state index is -0.436. The number of benzene rings is 2. The van der Waals surface area contributed by atoms with Crippen molar-refractivity contribution in [2.24, 2.45) is 0 Å². The van der Waals surface area contributed by atoms with Gasteiger partial charge in [0.2, 0.25) is 5.91 Å². The number of carbonyl (C=O) groups is 2. The van der Waals surface area contributed by atoms with Gasteiger partial charge in [0.25, 0.3) is 5.91 Å². The lowest BCUT2D eigenvalue weighted by atomic mass is 10.0. The van der Waals surface area contributed by atoms with E-state index in [2.05, 4.69) is 5.32 Å². The molecule has 1 aliphatic heterocycles. The van der Waals surface area contributed by atoms with Crippen LogP contribution in [0.1, 0.15) is 22.3 Å². The second kappa shape index (κ2) is 7.27. The smallest absolute Gasteiger partial charge is 0.254 e. The molecule has 0 unspecified atom stereocenters. The van der Waals surface area contributed by atoms with E-state index in [1.807, 2.05) is 48.5 Å². The lowest BCUT2D eigenvalue weighted by Gasteiger charge is -2.31. The predicted octanol–water partition coefficient (Wildman–Crippen LogP) is 1.58. The number of aliphatic hydroxyl groups excluding tert-OH is 1. The first-order chi connectivity index (χ1) is 11.7. The Bertz CT molecular complexity index is 703. The predicted molar refractivity (Wildman–Crippen MR) is 90.2 cm³/mol. The van der Waals surface area contributed by atoms with Crippen molar-refractivity contribution < 1.29 is 14.7 Å². The highest BCUT2D eigenvalue weighted by molar-refractivity contribution is 5.95. The number of carbonyl (C=O) groups excluding carboxylic acids is 2. The van der Waals surface area contributed by atoms with Crippen LogP contribution >= 0.6 is 0 Å². The van der Waals surface area contributed by atoms with Gasteiger partial charge >= 0.3 is 0 Å². The molecule has 0 radical (unpaired) electrons. The SMILES string of the molecule is O=C1C[C@H](N(Cc2ccccc2)C(=O)c2ccccc2)[C@@H](CO)N1. The van der Waals surface area contributed by atoms with Crippen molar-refractivity contribution >= 4 is 11.8 Å². The van der Waals surface area contributed by atoms with Crippen LogP contribution in [0.3, 0.4) is 0 Å². The van der Waals surface area contributed by atoms with Crippen LogP contribution in [0.15, 0.2) is 60.7 Å². The van der Waals surface area contributed by atoms with Gasteiger partial charge in [-0.2, -0.15) is 0 Å². The topological polar surface area (TPSA) is 69.6 Å².